The Morgan fingerprint density at radius 2 is 1.88 bits per heavy atom. The van der Waals surface area contributed by atoms with Crippen molar-refractivity contribution in [2.75, 3.05) is 13.1 Å². The number of likely N-dealkylation sites (tertiary alicyclic amines) is 1. The van der Waals surface area contributed by atoms with E-state index in [1.54, 1.807) is 0 Å². The fourth-order valence-corrected chi connectivity index (χ4v) is 3.09. The first-order valence-corrected chi connectivity index (χ1v) is 8.27. The van der Waals surface area contributed by atoms with Crippen molar-refractivity contribution in [1.29, 1.82) is 0 Å². The van der Waals surface area contributed by atoms with Crippen molar-refractivity contribution >= 4 is 5.91 Å². The molecule has 0 saturated carbocycles. The molecule has 1 fully saturated rings. The highest BCUT2D eigenvalue weighted by Crippen LogP contribution is 2.32. The molecule has 1 aliphatic heterocycles. The molecule has 2 aromatic rings. The Hall–Kier alpha value is -2.41. The number of nitrogens with one attached hydrogen (secondary N) is 1. The van der Waals surface area contributed by atoms with Gasteiger partial charge in [-0.25, -0.2) is 4.39 Å². The van der Waals surface area contributed by atoms with E-state index >= 15 is 0 Å². The second-order valence-corrected chi connectivity index (χ2v) is 6.37. The molecule has 1 amide bonds. The average Bonchev–Trinajstić information content (AvgIpc) is 3.02. The maximum absolute atomic E-state index is 13.3. The summed E-state index contributed by atoms with van der Waals surface area (Å²) in [6, 6.07) is 12.0. The summed E-state index contributed by atoms with van der Waals surface area (Å²) in [5, 5.41) is 2.74. The third-order valence-corrected chi connectivity index (χ3v) is 4.39. The molecular formula is C19H18F4N2O. The topological polar surface area (TPSA) is 32.3 Å². The van der Waals surface area contributed by atoms with Crippen LogP contribution in [-0.4, -0.2) is 29.9 Å². The van der Waals surface area contributed by atoms with Crippen LogP contribution in [0.1, 0.15) is 27.9 Å². The summed E-state index contributed by atoms with van der Waals surface area (Å²) in [5.41, 5.74) is -0.463. The highest BCUT2D eigenvalue weighted by molar-refractivity contribution is 5.94. The van der Waals surface area contributed by atoms with Gasteiger partial charge in [-0.15, -0.1) is 0 Å². The van der Waals surface area contributed by atoms with Gasteiger partial charge in [-0.05, 0) is 30.2 Å². The van der Waals surface area contributed by atoms with Crippen molar-refractivity contribution < 1.29 is 22.4 Å². The molecule has 7 heteroatoms. The van der Waals surface area contributed by atoms with Crippen LogP contribution < -0.4 is 5.32 Å². The molecule has 1 atom stereocenters. The van der Waals surface area contributed by atoms with E-state index in [-0.39, 0.29) is 11.6 Å². The van der Waals surface area contributed by atoms with Crippen molar-refractivity contribution in [2.24, 2.45) is 0 Å². The number of carbonyl (C=O) groups excluding carboxylic acids is 1. The predicted molar refractivity (Wildman–Crippen MR) is 89.0 cm³/mol. The van der Waals surface area contributed by atoms with E-state index in [4.69, 9.17) is 0 Å². The second-order valence-electron chi connectivity index (χ2n) is 6.37. The van der Waals surface area contributed by atoms with Gasteiger partial charge in [-0.2, -0.15) is 13.2 Å². The van der Waals surface area contributed by atoms with E-state index in [0.29, 0.717) is 25.1 Å². The lowest BCUT2D eigenvalue weighted by Gasteiger charge is -2.17. The molecule has 0 spiro atoms. The van der Waals surface area contributed by atoms with Gasteiger partial charge in [-0.3, -0.25) is 9.69 Å². The molecule has 3 nitrogen and oxygen atoms in total. The number of hydrogen-bond donors (Lipinski definition) is 1. The zero-order valence-electron chi connectivity index (χ0n) is 13.9. The smallest absolute Gasteiger partial charge is 0.348 e. The van der Waals surface area contributed by atoms with Gasteiger partial charge in [0.05, 0.1) is 5.56 Å². The van der Waals surface area contributed by atoms with Crippen molar-refractivity contribution in [3.8, 4) is 0 Å². The SMILES string of the molecule is O=C(NC1CCN(Cc2ccccc2)C1)c1ccc(F)c(C(F)(F)F)c1. The monoisotopic (exact) mass is 366 g/mol. The number of alkyl halides is 3. The summed E-state index contributed by atoms with van der Waals surface area (Å²) in [7, 11) is 0. The quantitative estimate of drug-likeness (QED) is 0.834. The number of amides is 1. The average molecular weight is 366 g/mol. The number of nitrogens with zero attached hydrogens (tertiary/aromatic N) is 1. The van der Waals surface area contributed by atoms with E-state index in [9.17, 15) is 22.4 Å². The van der Waals surface area contributed by atoms with E-state index in [1.165, 1.54) is 0 Å². The predicted octanol–water partition coefficient (Wildman–Crippen LogP) is 3.85. The zero-order valence-corrected chi connectivity index (χ0v) is 13.9. The van der Waals surface area contributed by atoms with Crippen molar-refractivity contribution in [1.82, 2.24) is 10.2 Å². The fraction of sp³-hybridized carbons (Fsp3) is 0.316. The van der Waals surface area contributed by atoms with Crippen LogP contribution in [0.3, 0.4) is 0 Å². The molecule has 1 N–H and O–H groups in total. The molecule has 1 unspecified atom stereocenters. The Balaban J connectivity index is 1.61. The van der Waals surface area contributed by atoms with Gasteiger partial charge in [0.1, 0.15) is 5.82 Å². The fourth-order valence-electron chi connectivity index (χ4n) is 3.09. The minimum absolute atomic E-state index is 0.148. The zero-order chi connectivity index (χ0) is 18.7. The lowest BCUT2D eigenvalue weighted by Crippen LogP contribution is -2.37. The van der Waals surface area contributed by atoms with Crippen LogP contribution in [0.15, 0.2) is 48.5 Å². The molecule has 26 heavy (non-hydrogen) atoms. The Morgan fingerprint density at radius 3 is 2.58 bits per heavy atom. The van der Waals surface area contributed by atoms with Gasteiger partial charge in [0.2, 0.25) is 0 Å². The van der Waals surface area contributed by atoms with E-state index in [0.717, 1.165) is 24.7 Å². The Kier molecular flexibility index (Phi) is 5.27. The van der Waals surface area contributed by atoms with Crippen LogP contribution in [-0.2, 0) is 12.7 Å². The van der Waals surface area contributed by atoms with Crippen LogP contribution in [0.25, 0.3) is 0 Å². The van der Waals surface area contributed by atoms with E-state index in [2.05, 4.69) is 10.2 Å². The molecular weight excluding hydrogens is 348 g/mol. The van der Waals surface area contributed by atoms with Crippen LogP contribution in [0.4, 0.5) is 17.6 Å². The van der Waals surface area contributed by atoms with Crippen molar-refractivity contribution in [3.63, 3.8) is 0 Å². The van der Waals surface area contributed by atoms with Crippen molar-refractivity contribution in [2.45, 2.75) is 25.2 Å². The number of carbonyl (C=O) groups is 1. The minimum atomic E-state index is -4.83. The number of benzene rings is 2. The third kappa shape index (κ3) is 4.40. The lowest BCUT2D eigenvalue weighted by molar-refractivity contribution is -0.140. The molecule has 138 valence electrons. The summed E-state index contributed by atoms with van der Waals surface area (Å²) in [6.07, 6.45) is -4.12. The third-order valence-electron chi connectivity index (χ3n) is 4.39. The van der Waals surface area contributed by atoms with Gasteiger partial charge in [-0.1, -0.05) is 30.3 Å². The largest absolute Gasteiger partial charge is 0.419 e. The molecule has 1 aliphatic rings. The van der Waals surface area contributed by atoms with Gasteiger partial charge >= 0.3 is 6.18 Å². The standard InChI is InChI=1S/C19H18F4N2O/c20-17-7-6-14(10-16(17)19(21,22)23)18(26)24-15-8-9-25(12-15)11-13-4-2-1-3-5-13/h1-7,10,15H,8-9,11-12H2,(H,24,26). The van der Waals surface area contributed by atoms with Crippen LogP contribution in [0.5, 0.6) is 0 Å². The summed E-state index contributed by atoms with van der Waals surface area (Å²) >= 11 is 0. The molecule has 1 saturated heterocycles. The van der Waals surface area contributed by atoms with Gasteiger partial charge in [0.15, 0.2) is 0 Å². The van der Waals surface area contributed by atoms with Crippen molar-refractivity contribution in [3.05, 3.63) is 71.0 Å². The molecule has 3 rings (SSSR count). The first kappa shape index (κ1) is 18.4. The molecule has 2 aromatic carbocycles. The van der Waals surface area contributed by atoms with Crippen LogP contribution in [0, 0.1) is 5.82 Å². The summed E-state index contributed by atoms with van der Waals surface area (Å²) in [5.74, 6) is -2.01. The molecule has 0 aromatic heterocycles. The highest BCUT2D eigenvalue weighted by Gasteiger charge is 2.35. The maximum Gasteiger partial charge on any atom is 0.419 e. The second kappa shape index (κ2) is 7.45. The Bertz CT molecular complexity index is 777. The maximum atomic E-state index is 13.3. The first-order chi connectivity index (χ1) is 12.3. The number of halogens is 4. The van der Waals surface area contributed by atoms with Gasteiger partial charge in [0, 0.05) is 31.2 Å². The minimum Gasteiger partial charge on any atom is -0.348 e. The van der Waals surface area contributed by atoms with E-state index < -0.39 is 23.5 Å². The van der Waals surface area contributed by atoms with Gasteiger partial charge < -0.3 is 5.32 Å². The molecule has 1 heterocycles. The highest BCUT2D eigenvalue weighted by atomic mass is 19.4. The number of rotatable bonds is 4. The molecule has 0 aliphatic carbocycles. The first-order valence-electron chi connectivity index (χ1n) is 8.27. The normalized spacial score (nSPS) is 18.1. The summed E-state index contributed by atoms with van der Waals surface area (Å²) < 4.78 is 51.7. The van der Waals surface area contributed by atoms with Crippen LogP contribution >= 0.6 is 0 Å². The van der Waals surface area contributed by atoms with Crippen LogP contribution in [0.2, 0.25) is 0 Å². The summed E-state index contributed by atoms with van der Waals surface area (Å²) in [4.78, 5) is 14.4. The number of hydrogen-bond acceptors (Lipinski definition) is 2. The lowest BCUT2D eigenvalue weighted by atomic mass is 10.1. The Morgan fingerprint density at radius 1 is 1.15 bits per heavy atom. The Labute approximate surface area is 148 Å². The van der Waals surface area contributed by atoms with E-state index in [1.807, 2.05) is 30.3 Å². The summed E-state index contributed by atoms with van der Waals surface area (Å²) in [6.45, 7) is 2.16. The molecule has 0 radical (unpaired) electrons. The van der Waals surface area contributed by atoms with Gasteiger partial charge in [0.25, 0.3) is 5.91 Å². The molecule has 0 bridgehead atoms.